The maximum absolute atomic E-state index is 12.5. The molecule has 0 aliphatic carbocycles. The van der Waals surface area contributed by atoms with E-state index in [2.05, 4.69) is 10.1 Å². The Bertz CT molecular complexity index is 710. The summed E-state index contributed by atoms with van der Waals surface area (Å²) in [6.45, 7) is 0.152. The van der Waals surface area contributed by atoms with Crippen LogP contribution in [0.15, 0.2) is 54.6 Å². The zero-order chi connectivity index (χ0) is 16.7. The maximum Gasteiger partial charge on any atom is 0.307 e. The molecular formula is C18H17NO4. The number of methoxy groups -OCH3 is 1. The Morgan fingerprint density at radius 3 is 2.17 bits per heavy atom. The van der Waals surface area contributed by atoms with Crippen LogP contribution in [0, 0.1) is 0 Å². The van der Waals surface area contributed by atoms with E-state index in [0.717, 1.165) is 0 Å². The molecule has 2 aromatic carbocycles. The predicted molar refractivity (Wildman–Crippen MR) is 85.3 cm³/mol. The Labute approximate surface area is 134 Å². The maximum atomic E-state index is 12.5. The number of carbonyl (C=O) groups excluding carboxylic acids is 3. The van der Waals surface area contributed by atoms with Crippen LogP contribution in [-0.2, 0) is 9.53 Å². The van der Waals surface area contributed by atoms with Gasteiger partial charge in [-0.1, -0.05) is 48.5 Å². The molecule has 0 aliphatic rings. The zero-order valence-electron chi connectivity index (χ0n) is 12.7. The highest BCUT2D eigenvalue weighted by Gasteiger charge is 2.17. The molecule has 2 rings (SSSR count). The fourth-order valence-corrected chi connectivity index (χ4v) is 2.10. The molecule has 0 heterocycles. The summed E-state index contributed by atoms with van der Waals surface area (Å²) in [7, 11) is 1.29. The summed E-state index contributed by atoms with van der Waals surface area (Å²) in [6, 6.07) is 15.4. The summed E-state index contributed by atoms with van der Waals surface area (Å²) in [5.41, 5.74) is 1.13. The number of rotatable bonds is 6. The standard InChI is InChI=1S/C18H17NO4/c1-23-16(20)11-12-19-18(22)15-10-6-5-9-14(15)17(21)13-7-3-2-4-8-13/h2-10H,11-12H2,1H3,(H,19,22). The summed E-state index contributed by atoms with van der Waals surface area (Å²) >= 11 is 0. The number of ether oxygens (including phenoxy) is 1. The van der Waals surface area contributed by atoms with Crippen LogP contribution in [0.5, 0.6) is 0 Å². The Morgan fingerprint density at radius 1 is 0.913 bits per heavy atom. The molecule has 0 radical (unpaired) electrons. The fourth-order valence-electron chi connectivity index (χ4n) is 2.10. The van der Waals surface area contributed by atoms with Gasteiger partial charge in [0.1, 0.15) is 0 Å². The lowest BCUT2D eigenvalue weighted by Gasteiger charge is -2.09. The van der Waals surface area contributed by atoms with E-state index in [-0.39, 0.29) is 24.3 Å². The van der Waals surface area contributed by atoms with Crippen molar-refractivity contribution < 1.29 is 19.1 Å². The average Bonchev–Trinajstić information content (AvgIpc) is 2.61. The summed E-state index contributed by atoms with van der Waals surface area (Å²) < 4.78 is 4.51. The second-order valence-corrected chi connectivity index (χ2v) is 4.82. The topological polar surface area (TPSA) is 72.5 Å². The molecule has 118 valence electrons. The van der Waals surface area contributed by atoms with Gasteiger partial charge in [0.05, 0.1) is 19.1 Å². The fraction of sp³-hybridized carbons (Fsp3) is 0.167. The Hall–Kier alpha value is -2.95. The van der Waals surface area contributed by atoms with Crippen molar-refractivity contribution in [2.45, 2.75) is 6.42 Å². The number of benzene rings is 2. The number of esters is 1. The number of amides is 1. The number of ketones is 1. The first-order valence-corrected chi connectivity index (χ1v) is 7.17. The van der Waals surface area contributed by atoms with Gasteiger partial charge in [0.15, 0.2) is 5.78 Å². The first-order chi connectivity index (χ1) is 11.1. The second kappa shape index (κ2) is 7.89. The summed E-state index contributed by atoms with van der Waals surface area (Å²) in [5.74, 6) is -1.02. The van der Waals surface area contributed by atoms with E-state index < -0.39 is 11.9 Å². The van der Waals surface area contributed by atoms with Gasteiger partial charge < -0.3 is 10.1 Å². The van der Waals surface area contributed by atoms with E-state index in [1.54, 1.807) is 48.5 Å². The molecule has 0 atom stereocenters. The zero-order valence-corrected chi connectivity index (χ0v) is 12.7. The van der Waals surface area contributed by atoms with E-state index >= 15 is 0 Å². The van der Waals surface area contributed by atoms with Crippen molar-refractivity contribution >= 4 is 17.7 Å². The molecular weight excluding hydrogens is 294 g/mol. The van der Waals surface area contributed by atoms with Gasteiger partial charge in [-0.3, -0.25) is 14.4 Å². The highest BCUT2D eigenvalue weighted by molar-refractivity contribution is 6.15. The minimum atomic E-state index is -0.404. The Kier molecular flexibility index (Phi) is 5.63. The SMILES string of the molecule is COC(=O)CCNC(=O)c1ccccc1C(=O)c1ccccc1. The van der Waals surface area contributed by atoms with Gasteiger partial charge in [0.2, 0.25) is 0 Å². The molecule has 0 bridgehead atoms. The molecule has 0 fully saturated rings. The number of nitrogens with one attached hydrogen (secondary N) is 1. The van der Waals surface area contributed by atoms with Gasteiger partial charge in [-0.25, -0.2) is 0 Å². The van der Waals surface area contributed by atoms with Crippen molar-refractivity contribution in [1.82, 2.24) is 5.32 Å². The largest absolute Gasteiger partial charge is 0.469 e. The molecule has 5 heteroatoms. The quantitative estimate of drug-likeness (QED) is 0.656. The van der Waals surface area contributed by atoms with Crippen LogP contribution in [-0.4, -0.2) is 31.3 Å². The van der Waals surface area contributed by atoms with Gasteiger partial charge in [-0.15, -0.1) is 0 Å². The molecule has 5 nitrogen and oxygen atoms in total. The highest BCUT2D eigenvalue weighted by atomic mass is 16.5. The van der Waals surface area contributed by atoms with Crippen LogP contribution in [0.1, 0.15) is 32.7 Å². The molecule has 0 spiro atoms. The highest BCUT2D eigenvalue weighted by Crippen LogP contribution is 2.14. The molecule has 0 saturated heterocycles. The first kappa shape index (κ1) is 16.4. The van der Waals surface area contributed by atoms with E-state index in [1.165, 1.54) is 7.11 Å². The van der Waals surface area contributed by atoms with Crippen LogP contribution in [0.2, 0.25) is 0 Å². The molecule has 2 aromatic rings. The molecule has 1 N–H and O–H groups in total. The van der Waals surface area contributed by atoms with Crippen molar-refractivity contribution in [1.29, 1.82) is 0 Å². The lowest BCUT2D eigenvalue weighted by Crippen LogP contribution is -2.28. The third-order valence-corrected chi connectivity index (χ3v) is 3.29. The van der Waals surface area contributed by atoms with Crippen LogP contribution < -0.4 is 5.32 Å². The predicted octanol–water partition coefficient (Wildman–Crippen LogP) is 2.21. The van der Waals surface area contributed by atoms with Gasteiger partial charge >= 0.3 is 5.97 Å². The van der Waals surface area contributed by atoms with Crippen LogP contribution >= 0.6 is 0 Å². The van der Waals surface area contributed by atoms with Gasteiger partial charge in [-0.2, -0.15) is 0 Å². The third-order valence-electron chi connectivity index (χ3n) is 3.29. The summed E-state index contributed by atoms with van der Waals surface area (Å²) in [4.78, 5) is 35.9. The van der Waals surface area contributed by atoms with E-state index in [0.29, 0.717) is 11.1 Å². The summed E-state index contributed by atoms with van der Waals surface area (Å²) in [5, 5.41) is 2.62. The lowest BCUT2D eigenvalue weighted by atomic mass is 9.98. The van der Waals surface area contributed by atoms with Crippen molar-refractivity contribution in [2.75, 3.05) is 13.7 Å². The third kappa shape index (κ3) is 4.26. The monoisotopic (exact) mass is 311 g/mol. The van der Waals surface area contributed by atoms with Crippen LogP contribution in [0.4, 0.5) is 0 Å². The van der Waals surface area contributed by atoms with Gasteiger partial charge in [-0.05, 0) is 6.07 Å². The van der Waals surface area contributed by atoms with Crippen molar-refractivity contribution in [3.8, 4) is 0 Å². The van der Waals surface area contributed by atoms with Gasteiger partial charge in [0, 0.05) is 17.7 Å². The van der Waals surface area contributed by atoms with Gasteiger partial charge in [0.25, 0.3) is 5.91 Å². The van der Waals surface area contributed by atoms with Crippen LogP contribution in [0.3, 0.4) is 0 Å². The molecule has 1 amide bonds. The first-order valence-electron chi connectivity index (χ1n) is 7.17. The molecule has 0 aliphatic heterocycles. The van der Waals surface area contributed by atoms with Crippen molar-refractivity contribution in [3.63, 3.8) is 0 Å². The minimum absolute atomic E-state index is 0.0804. The van der Waals surface area contributed by atoms with E-state index in [1.807, 2.05) is 6.07 Å². The Balaban J connectivity index is 2.16. The number of hydrogen-bond acceptors (Lipinski definition) is 4. The lowest BCUT2D eigenvalue weighted by molar-refractivity contribution is -0.140. The molecule has 0 saturated carbocycles. The Morgan fingerprint density at radius 2 is 1.52 bits per heavy atom. The molecule has 23 heavy (non-hydrogen) atoms. The van der Waals surface area contributed by atoms with E-state index in [4.69, 9.17) is 0 Å². The average molecular weight is 311 g/mol. The van der Waals surface area contributed by atoms with Crippen molar-refractivity contribution in [2.24, 2.45) is 0 Å². The number of hydrogen-bond donors (Lipinski definition) is 1. The smallest absolute Gasteiger partial charge is 0.307 e. The second-order valence-electron chi connectivity index (χ2n) is 4.82. The normalized spacial score (nSPS) is 9.96. The summed E-state index contributed by atoms with van der Waals surface area (Å²) in [6.07, 6.45) is 0.0804. The molecule has 0 aromatic heterocycles. The minimum Gasteiger partial charge on any atom is -0.469 e. The molecule has 0 unspecified atom stereocenters. The number of carbonyl (C=O) groups is 3. The van der Waals surface area contributed by atoms with Crippen molar-refractivity contribution in [3.05, 3.63) is 71.3 Å². The van der Waals surface area contributed by atoms with Crippen LogP contribution in [0.25, 0.3) is 0 Å². The van der Waals surface area contributed by atoms with E-state index in [9.17, 15) is 14.4 Å².